The Morgan fingerprint density at radius 3 is 3.08 bits per heavy atom. The van der Waals surface area contributed by atoms with Crippen molar-refractivity contribution in [1.29, 1.82) is 0 Å². The van der Waals surface area contributed by atoms with E-state index in [2.05, 4.69) is 5.18 Å². The summed E-state index contributed by atoms with van der Waals surface area (Å²) in [7, 11) is 0. The highest BCUT2D eigenvalue weighted by Gasteiger charge is 2.14. The quantitative estimate of drug-likeness (QED) is 0.611. The number of carbonyl (C=O) groups is 1. The van der Waals surface area contributed by atoms with Crippen LogP contribution in [-0.4, -0.2) is 12.5 Å². The van der Waals surface area contributed by atoms with Crippen molar-refractivity contribution < 1.29 is 9.53 Å². The number of nitroso groups, excluding NO2 is 1. The smallest absolute Gasteiger partial charge is 0.316 e. The van der Waals surface area contributed by atoms with Crippen LogP contribution in [0.1, 0.15) is 15.9 Å². The van der Waals surface area contributed by atoms with E-state index in [4.69, 9.17) is 4.74 Å². The molecule has 4 nitrogen and oxygen atoms in total. The number of rotatable bonds is 1. The molecule has 0 saturated carbocycles. The van der Waals surface area contributed by atoms with Gasteiger partial charge in [0.1, 0.15) is 5.75 Å². The number of carbonyl (C=O) groups excluding carboxylic acids is 1. The second-order valence-electron chi connectivity index (χ2n) is 2.82. The van der Waals surface area contributed by atoms with Crippen molar-refractivity contribution in [3.8, 4) is 5.75 Å². The van der Waals surface area contributed by atoms with Crippen LogP contribution in [0.15, 0.2) is 23.4 Å². The van der Waals surface area contributed by atoms with Crippen molar-refractivity contribution >= 4 is 5.91 Å². The molecule has 66 valence electrons. The van der Waals surface area contributed by atoms with Gasteiger partial charge in [0, 0.05) is 17.2 Å². The zero-order valence-corrected chi connectivity index (χ0v) is 6.82. The number of hydrogen-bond acceptors (Lipinski definition) is 3. The van der Waals surface area contributed by atoms with Crippen LogP contribution in [0.3, 0.4) is 0 Å². The third kappa shape index (κ3) is 1.30. The molecule has 0 radical (unpaired) electrons. The zero-order valence-electron chi connectivity index (χ0n) is 6.82. The van der Waals surface area contributed by atoms with Crippen LogP contribution in [0, 0.1) is 4.91 Å². The lowest BCUT2D eigenvalue weighted by atomic mass is 10.1. The van der Waals surface area contributed by atoms with E-state index >= 15 is 0 Å². The van der Waals surface area contributed by atoms with Gasteiger partial charge in [-0.05, 0) is 23.8 Å². The lowest BCUT2D eigenvalue weighted by Gasteiger charge is -1.98. The van der Waals surface area contributed by atoms with Crippen LogP contribution in [0.25, 0.3) is 0 Å². The van der Waals surface area contributed by atoms with Crippen molar-refractivity contribution in [2.45, 2.75) is 6.42 Å². The maximum atomic E-state index is 10.9. The SMILES string of the molecule is O=NC(=O)c1ccc2c(c1)CCO2. The molecule has 0 bridgehead atoms. The van der Waals surface area contributed by atoms with Gasteiger partial charge in [-0.3, -0.25) is 4.79 Å². The van der Waals surface area contributed by atoms with Gasteiger partial charge in [0.15, 0.2) is 0 Å². The minimum atomic E-state index is -0.727. The van der Waals surface area contributed by atoms with E-state index in [0.29, 0.717) is 12.2 Å². The highest BCUT2D eigenvalue weighted by atomic mass is 16.5. The van der Waals surface area contributed by atoms with Gasteiger partial charge in [0.2, 0.25) is 0 Å². The molecular weight excluding hydrogens is 170 g/mol. The van der Waals surface area contributed by atoms with E-state index in [1.807, 2.05) is 0 Å². The monoisotopic (exact) mass is 177 g/mol. The minimum absolute atomic E-state index is 0.333. The summed E-state index contributed by atoms with van der Waals surface area (Å²) in [6.45, 7) is 0.640. The average Bonchev–Trinajstić information content (AvgIpc) is 2.63. The van der Waals surface area contributed by atoms with Gasteiger partial charge in [-0.1, -0.05) is 0 Å². The second-order valence-corrected chi connectivity index (χ2v) is 2.82. The minimum Gasteiger partial charge on any atom is -0.493 e. The van der Waals surface area contributed by atoms with Gasteiger partial charge in [0.05, 0.1) is 6.61 Å². The summed E-state index contributed by atoms with van der Waals surface area (Å²) in [6, 6.07) is 4.90. The van der Waals surface area contributed by atoms with E-state index < -0.39 is 5.91 Å². The predicted octanol–water partition coefficient (Wildman–Crippen LogP) is 1.53. The Balaban J connectivity index is 2.41. The third-order valence-corrected chi connectivity index (χ3v) is 2.02. The molecular formula is C9H7NO3. The van der Waals surface area contributed by atoms with Gasteiger partial charge in [-0.2, -0.15) is 0 Å². The number of hydrogen-bond donors (Lipinski definition) is 0. The van der Waals surface area contributed by atoms with Crippen LogP contribution in [-0.2, 0) is 6.42 Å². The Morgan fingerprint density at radius 1 is 1.46 bits per heavy atom. The summed E-state index contributed by atoms with van der Waals surface area (Å²) in [6.07, 6.45) is 0.787. The van der Waals surface area contributed by atoms with Crippen LogP contribution >= 0.6 is 0 Å². The Hall–Kier alpha value is -1.71. The van der Waals surface area contributed by atoms with Crippen molar-refractivity contribution in [2.75, 3.05) is 6.61 Å². The molecule has 1 aromatic carbocycles. The molecule has 0 unspecified atom stereocenters. The molecule has 0 fully saturated rings. The molecule has 0 N–H and O–H groups in total. The lowest BCUT2D eigenvalue weighted by molar-refractivity contribution is 0.100. The molecule has 13 heavy (non-hydrogen) atoms. The number of fused-ring (bicyclic) bond motifs is 1. The molecule has 2 rings (SSSR count). The number of nitrogens with zero attached hydrogens (tertiary/aromatic N) is 1. The Labute approximate surface area is 74.5 Å². The molecule has 4 heteroatoms. The van der Waals surface area contributed by atoms with E-state index in [9.17, 15) is 9.70 Å². The predicted molar refractivity (Wildman–Crippen MR) is 45.8 cm³/mol. The fourth-order valence-electron chi connectivity index (χ4n) is 1.37. The van der Waals surface area contributed by atoms with Crippen molar-refractivity contribution in [1.82, 2.24) is 0 Å². The Bertz CT molecular complexity index is 373. The zero-order chi connectivity index (χ0) is 9.26. The summed E-state index contributed by atoms with van der Waals surface area (Å²) in [5.41, 5.74) is 1.30. The first-order valence-electron chi connectivity index (χ1n) is 3.94. The van der Waals surface area contributed by atoms with E-state index in [1.54, 1.807) is 18.2 Å². The molecule has 1 heterocycles. The first-order chi connectivity index (χ1) is 6.31. The molecule has 0 aromatic heterocycles. The number of benzene rings is 1. The van der Waals surface area contributed by atoms with Crippen molar-refractivity contribution in [2.24, 2.45) is 5.18 Å². The van der Waals surface area contributed by atoms with Crippen molar-refractivity contribution in [3.05, 3.63) is 34.2 Å². The normalized spacial score (nSPS) is 13.2. The van der Waals surface area contributed by atoms with Crippen LogP contribution in [0.5, 0.6) is 5.75 Å². The van der Waals surface area contributed by atoms with Gasteiger partial charge in [0.25, 0.3) is 0 Å². The molecule has 0 aliphatic carbocycles. The van der Waals surface area contributed by atoms with Crippen LogP contribution in [0.4, 0.5) is 0 Å². The van der Waals surface area contributed by atoms with Crippen LogP contribution in [0.2, 0.25) is 0 Å². The van der Waals surface area contributed by atoms with Gasteiger partial charge in [-0.15, -0.1) is 4.91 Å². The largest absolute Gasteiger partial charge is 0.493 e. The summed E-state index contributed by atoms with van der Waals surface area (Å²) >= 11 is 0. The molecule has 0 saturated heterocycles. The van der Waals surface area contributed by atoms with Crippen LogP contribution < -0.4 is 4.74 Å². The first-order valence-corrected chi connectivity index (χ1v) is 3.94. The summed E-state index contributed by atoms with van der Waals surface area (Å²) in [5, 5.41) is 2.35. The third-order valence-electron chi connectivity index (χ3n) is 2.02. The number of ether oxygens (including phenoxy) is 1. The van der Waals surface area contributed by atoms with E-state index in [-0.39, 0.29) is 0 Å². The first kappa shape index (κ1) is 7.91. The molecule has 1 aliphatic heterocycles. The molecule has 0 atom stereocenters. The maximum Gasteiger partial charge on any atom is 0.316 e. The lowest BCUT2D eigenvalue weighted by Crippen LogP contribution is -1.93. The standard InChI is InChI=1S/C9H7NO3/c11-9(10-12)7-1-2-8-6(5-7)3-4-13-8/h1-2,5H,3-4H2. The molecule has 0 spiro atoms. The van der Waals surface area contributed by atoms with Gasteiger partial charge < -0.3 is 4.74 Å². The van der Waals surface area contributed by atoms with E-state index in [0.717, 1.165) is 17.7 Å². The summed E-state index contributed by atoms with van der Waals surface area (Å²) in [4.78, 5) is 20.9. The second kappa shape index (κ2) is 2.97. The summed E-state index contributed by atoms with van der Waals surface area (Å²) < 4.78 is 5.25. The van der Waals surface area contributed by atoms with E-state index in [1.165, 1.54) is 0 Å². The molecule has 1 aliphatic rings. The van der Waals surface area contributed by atoms with Gasteiger partial charge in [-0.25, -0.2) is 0 Å². The molecule has 1 aromatic rings. The Kier molecular flexibility index (Phi) is 1.81. The highest BCUT2D eigenvalue weighted by Crippen LogP contribution is 2.25. The Morgan fingerprint density at radius 2 is 2.31 bits per heavy atom. The molecule has 1 amide bonds. The van der Waals surface area contributed by atoms with Crippen molar-refractivity contribution in [3.63, 3.8) is 0 Å². The fourth-order valence-corrected chi connectivity index (χ4v) is 1.37. The maximum absolute atomic E-state index is 10.9. The fraction of sp³-hybridized carbons (Fsp3) is 0.222. The number of amides is 1. The van der Waals surface area contributed by atoms with Gasteiger partial charge >= 0.3 is 5.91 Å². The summed E-state index contributed by atoms with van der Waals surface area (Å²) in [5.74, 6) is 0.0668. The average molecular weight is 177 g/mol. The highest BCUT2D eigenvalue weighted by molar-refractivity contribution is 5.95. The topological polar surface area (TPSA) is 55.7 Å².